The molecule has 0 atom stereocenters. The highest BCUT2D eigenvalue weighted by molar-refractivity contribution is 6.34. The Morgan fingerprint density at radius 1 is 1.43 bits per heavy atom. The fourth-order valence-electron chi connectivity index (χ4n) is 2.11. The first-order chi connectivity index (χ1) is 10.1. The van der Waals surface area contributed by atoms with Crippen LogP contribution in [0.2, 0.25) is 5.02 Å². The van der Waals surface area contributed by atoms with Crippen molar-refractivity contribution in [2.24, 2.45) is 0 Å². The van der Waals surface area contributed by atoms with Gasteiger partial charge in [-0.3, -0.25) is 9.69 Å². The summed E-state index contributed by atoms with van der Waals surface area (Å²) in [4.78, 5) is 25.3. The number of hydrogen-bond donors (Lipinski definition) is 3. The van der Waals surface area contributed by atoms with Crippen molar-refractivity contribution in [3.8, 4) is 0 Å². The molecule has 1 aliphatic heterocycles. The van der Waals surface area contributed by atoms with Crippen molar-refractivity contribution < 1.29 is 9.59 Å². The zero-order valence-corrected chi connectivity index (χ0v) is 12.7. The predicted octanol–water partition coefficient (Wildman–Crippen LogP) is 1.21. The molecule has 1 aliphatic rings. The maximum absolute atomic E-state index is 12.1. The third kappa shape index (κ3) is 3.86. The third-order valence-electron chi connectivity index (χ3n) is 3.19. The first kappa shape index (κ1) is 15.6. The molecule has 1 saturated heterocycles. The van der Waals surface area contributed by atoms with Crippen LogP contribution in [0.1, 0.15) is 17.3 Å². The molecule has 0 radical (unpaired) electrons. The monoisotopic (exact) mass is 310 g/mol. The highest BCUT2D eigenvalue weighted by atomic mass is 35.5. The highest BCUT2D eigenvalue weighted by Gasteiger charge is 2.24. The van der Waals surface area contributed by atoms with Gasteiger partial charge in [0.2, 0.25) is 0 Å². The Morgan fingerprint density at radius 2 is 2.24 bits per heavy atom. The van der Waals surface area contributed by atoms with Crippen LogP contribution in [0, 0.1) is 0 Å². The van der Waals surface area contributed by atoms with E-state index in [9.17, 15) is 9.59 Å². The van der Waals surface area contributed by atoms with E-state index in [0.717, 1.165) is 13.1 Å². The lowest BCUT2D eigenvalue weighted by atomic mass is 10.1. The van der Waals surface area contributed by atoms with Crippen molar-refractivity contribution in [3.63, 3.8) is 0 Å². The summed E-state index contributed by atoms with van der Waals surface area (Å²) >= 11 is 6.13. The van der Waals surface area contributed by atoms with Gasteiger partial charge in [-0.1, -0.05) is 18.5 Å². The van der Waals surface area contributed by atoms with Gasteiger partial charge in [-0.2, -0.15) is 0 Å². The fourth-order valence-corrected chi connectivity index (χ4v) is 2.33. The van der Waals surface area contributed by atoms with Gasteiger partial charge in [-0.15, -0.1) is 0 Å². The molecule has 3 amide bonds. The molecule has 0 aromatic heterocycles. The minimum atomic E-state index is -0.193. The molecule has 1 aromatic carbocycles. The van der Waals surface area contributed by atoms with Crippen LogP contribution in [0.4, 0.5) is 10.5 Å². The quantitative estimate of drug-likeness (QED) is 0.692. The second-order valence-corrected chi connectivity index (χ2v) is 5.07. The van der Waals surface area contributed by atoms with Crippen LogP contribution in [0.3, 0.4) is 0 Å². The Labute approximate surface area is 128 Å². The van der Waals surface area contributed by atoms with Gasteiger partial charge in [0.1, 0.15) is 0 Å². The molecular weight excluding hydrogens is 292 g/mol. The Morgan fingerprint density at radius 3 is 2.90 bits per heavy atom. The maximum Gasteiger partial charge on any atom is 0.322 e. The predicted molar refractivity (Wildman–Crippen MR) is 83.1 cm³/mol. The average Bonchev–Trinajstić information content (AvgIpc) is 2.90. The number of amides is 3. The first-order valence-electron chi connectivity index (χ1n) is 6.97. The lowest BCUT2D eigenvalue weighted by Gasteiger charge is -2.17. The van der Waals surface area contributed by atoms with Crippen LogP contribution < -0.4 is 20.9 Å². The number of nitrogens with one attached hydrogen (secondary N) is 3. The van der Waals surface area contributed by atoms with Gasteiger partial charge in [-0.05, 0) is 24.7 Å². The van der Waals surface area contributed by atoms with Gasteiger partial charge in [-0.25, -0.2) is 4.79 Å². The van der Waals surface area contributed by atoms with Crippen LogP contribution in [0.5, 0.6) is 0 Å². The number of rotatable bonds is 6. The average molecular weight is 311 g/mol. The Hall–Kier alpha value is -1.79. The summed E-state index contributed by atoms with van der Waals surface area (Å²) in [5.41, 5.74) is 1.05. The molecular formula is C14H19ClN4O2. The Balaban J connectivity index is 2.07. The van der Waals surface area contributed by atoms with Gasteiger partial charge in [0.05, 0.1) is 10.7 Å². The van der Waals surface area contributed by atoms with Gasteiger partial charge < -0.3 is 16.0 Å². The van der Waals surface area contributed by atoms with Gasteiger partial charge in [0.25, 0.3) is 5.91 Å². The van der Waals surface area contributed by atoms with Gasteiger partial charge in [0, 0.05) is 31.7 Å². The number of anilines is 1. The van der Waals surface area contributed by atoms with E-state index in [1.165, 1.54) is 4.90 Å². The lowest BCUT2D eigenvalue weighted by molar-refractivity contribution is 0.0954. The van der Waals surface area contributed by atoms with E-state index in [0.29, 0.717) is 35.9 Å². The summed E-state index contributed by atoms with van der Waals surface area (Å²) in [7, 11) is 0. The van der Waals surface area contributed by atoms with Crippen molar-refractivity contribution in [1.29, 1.82) is 0 Å². The lowest BCUT2D eigenvalue weighted by Crippen LogP contribution is -2.32. The van der Waals surface area contributed by atoms with Crippen LogP contribution in [-0.2, 0) is 0 Å². The molecule has 0 aliphatic carbocycles. The van der Waals surface area contributed by atoms with Gasteiger partial charge in [0.15, 0.2) is 0 Å². The summed E-state index contributed by atoms with van der Waals surface area (Å²) in [5, 5.41) is 9.11. The first-order valence-corrected chi connectivity index (χ1v) is 7.35. The molecule has 0 unspecified atom stereocenters. The molecule has 3 N–H and O–H groups in total. The minimum Gasteiger partial charge on any atom is -0.351 e. The maximum atomic E-state index is 12.1. The van der Waals surface area contributed by atoms with Crippen molar-refractivity contribution >= 4 is 29.2 Å². The molecule has 0 spiro atoms. The molecule has 1 heterocycles. The molecule has 1 fully saturated rings. The molecule has 7 heteroatoms. The summed E-state index contributed by atoms with van der Waals surface area (Å²) in [6, 6.07) is 4.75. The normalized spacial score (nSPS) is 14.2. The van der Waals surface area contributed by atoms with Crippen molar-refractivity contribution in [3.05, 3.63) is 28.8 Å². The summed E-state index contributed by atoms with van der Waals surface area (Å²) in [6.45, 7) is 5.27. The van der Waals surface area contributed by atoms with E-state index in [4.69, 9.17) is 11.6 Å². The van der Waals surface area contributed by atoms with E-state index in [2.05, 4.69) is 16.0 Å². The van der Waals surface area contributed by atoms with Crippen molar-refractivity contribution in [2.75, 3.05) is 37.6 Å². The van der Waals surface area contributed by atoms with E-state index in [-0.39, 0.29) is 11.9 Å². The number of urea groups is 1. The molecule has 114 valence electrons. The zero-order valence-electron chi connectivity index (χ0n) is 11.9. The number of nitrogens with zero attached hydrogens (tertiary/aromatic N) is 1. The molecule has 0 bridgehead atoms. The van der Waals surface area contributed by atoms with Crippen LogP contribution >= 0.6 is 11.6 Å². The second-order valence-electron chi connectivity index (χ2n) is 4.66. The fraction of sp³-hybridized carbons (Fsp3) is 0.429. The van der Waals surface area contributed by atoms with Gasteiger partial charge >= 0.3 is 6.03 Å². The highest BCUT2D eigenvalue weighted by Crippen LogP contribution is 2.28. The van der Waals surface area contributed by atoms with E-state index in [1.54, 1.807) is 18.2 Å². The van der Waals surface area contributed by atoms with Crippen molar-refractivity contribution in [1.82, 2.24) is 16.0 Å². The number of carbonyl (C=O) groups excluding carboxylic acids is 2. The molecule has 6 nitrogen and oxygen atoms in total. The standard InChI is InChI=1S/C14H19ClN4O2/c1-2-16-5-6-17-13(20)10-3-4-11(15)12(9-10)19-8-7-18-14(19)21/h3-4,9,16H,2,5-8H2,1H3,(H,17,20)(H,18,21). The molecule has 21 heavy (non-hydrogen) atoms. The second kappa shape index (κ2) is 7.28. The van der Waals surface area contributed by atoms with E-state index >= 15 is 0 Å². The number of hydrogen-bond acceptors (Lipinski definition) is 3. The van der Waals surface area contributed by atoms with Crippen molar-refractivity contribution in [2.45, 2.75) is 6.92 Å². The third-order valence-corrected chi connectivity index (χ3v) is 3.51. The molecule has 0 saturated carbocycles. The van der Waals surface area contributed by atoms with E-state index in [1.807, 2.05) is 6.92 Å². The Bertz CT molecular complexity index is 536. The smallest absolute Gasteiger partial charge is 0.322 e. The van der Waals surface area contributed by atoms with Crippen LogP contribution in [0.15, 0.2) is 18.2 Å². The summed E-state index contributed by atoms with van der Waals surface area (Å²) in [5.74, 6) is -0.176. The van der Waals surface area contributed by atoms with Crippen LogP contribution in [-0.4, -0.2) is 44.7 Å². The zero-order chi connectivity index (χ0) is 15.2. The number of likely N-dealkylation sites (N-methyl/N-ethyl adjacent to an activating group) is 1. The largest absolute Gasteiger partial charge is 0.351 e. The summed E-state index contributed by atoms with van der Waals surface area (Å²) in [6.07, 6.45) is 0. The minimum absolute atomic E-state index is 0.176. The topological polar surface area (TPSA) is 73.5 Å². The molecule has 1 aromatic rings. The Kier molecular flexibility index (Phi) is 5.41. The van der Waals surface area contributed by atoms with Crippen LogP contribution in [0.25, 0.3) is 0 Å². The number of carbonyl (C=O) groups is 2. The van der Waals surface area contributed by atoms with E-state index < -0.39 is 0 Å². The summed E-state index contributed by atoms with van der Waals surface area (Å²) < 4.78 is 0. The number of halogens is 1. The number of benzene rings is 1. The molecule has 2 rings (SSSR count). The SMILES string of the molecule is CCNCCNC(=O)c1ccc(Cl)c(N2CCNC2=O)c1.